The largest absolute Gasteiger partial charge is 0.301 e. The van der Waals surface area contributed by atoms with Crippen molar-refractivity contribution in [3.63, 3.8) is 0 Å². The van der Waals surface area contributed by atoms with E-state index in [1.807, 2.05) is 10.9 Å². The van der Waals surface area contributed by atoms with Crippen LogP contribution in [-0.2, 0) is 6.42 Å². The molecule has 124 valence electrons. The van der Waals surface area contributed by atoms with Gasteiger partial charge in [-0.1, -0.05) is 6.07 Å². The second-order valence-corrected chi connectivity index (χ2v) is 7.22. The lowest BCUT2D eigenvalue weighted by Crippen LogP contribution is -2.28. The molecule has 3 rings (SSSR count). The second kappa shape index (κ2) is 6.83. The normalized spacial score (nSPS) is 19.1. The van der Waals surface area contributed by atoms with Gasteiger partial charge >= 0.3 is 0 Å². The molecule has 3 heterocycles. The van der Waals surface area contributed by atoms with Gasteiger partial charge in [0.15, 0.2) is 0 Å². The molecule has 0 saturated carbocycles. The van der Waals surface area contributed by atoms with E-state index in [0.29, 0.717) is 12.1 Å². The van der Waals surface area contributed by atoms with Crippen LogP contribution in [0.1, 0.15) is 45.9 Å². The summed E-state index contributed by atoms with van der Waals surface area (Å²) >= 11 is 0. The van der Waals surface area contributed by atoms with Gasteiger partial charge in [0.05, 0.1) is 11.4 Å². The van der Waals surface area contributed by atoms with Crippen molar-refractivity contribution in [2.24, 2.45) is 5.92 Å². The summed E-state index contributed by atoms with van der Waals surface area (Å²) in [5.74, 6) is 0.732. The van der Waals surface area contributed by atoms with Gasteiger partial charge in [-0.25, -0.2) is 0 Å². The summed E-state index contributed by atoms with van der Waals surface area (Å²) in [5, 5.41) is 4.42. The van der Waals surface area contributed by atoms with Crippen molar-refractivity contribution in [3.05, 3.63) is 36.2 Å². The number of hydrogen-bond acceptors (Lipinski definition) is 3. The van der Waals surface area contributed by atoms with Crippen molar-refractivity contribution >= 4 is 0 Å². The average Bonchev–Trinajstić information content (AvgIpc) is 3.16. The second-order valence-electron chi connectivity index (χ2n) is 7.22. The summed E-state index contributed by atoms with van der Waals surface area (Å²) in [6.07, 6.45) is 4.22. The van der Waals surface area contributed by atoms with Crippen molar-refractivity contribution in [1.82, 2.24) is 19.7 Å². The number of pyridine rings is 1. The van der Waals surface area contributed by atoms with Gasteiger partial charge in [-0.15, -0.1) is 0 Å². The van der Waals surface area contributed by atoms with E-state index in [4.69, 9.17) is 4.98 Å². The first-order valence-corrected chi connectivity index (χ1v) is 8.78. The van der Waals surface area contributed by atoms with Gasteiger partial charge in [-0.3, -0.25) is 9.67 Å². The number of likely N-dealkylation sites (tertiary alicyclic amines) is 1. The Morgan fingerprint density at radius 2 is 1.96 bits per heavy atom. The number of aromatic nitrogens is 3. The van der Waals surface area contributed by atoms with Crippen molar-refractivity contribution in [1.29, 1.82) is 0 Å². The average molecular weight is 312 g/mol. The molecule has 4 nitrogen and oxygen atoms in total. The van der Waals surface area contributed by atoms with Gasteiger partial charge in [-0.2, -0.15) is 5.10 Å². The Bertz CT molecular complexity index is 644. The Balaban J connectivity index is 1.74. The van der Waals surface area contributed by atoms with Gasteiger partial charge in [0.1, 0.15) is 0 Å². The summed E-state index contributed by atoms with van der Waals surface area (Å²) in [6, 6.07) is 9.44. The van der Waals surface area contributed by atoms with E-state index in [9.17, 15) is 0 Å². The fourth-order valence-electron chi connectivity index (χ4n) is 3.46. The topological polar surface area (TPSA) is 34.0 Å². The number of hydrogen-bond donors (Lipinski definition) is 0. The molecule has 0 bridgehead atoms. The molecule has 1 aliphatic rings. The lowest BCUT2D eigenvalue weighted by atomic mass is 10.0. The van der Waals surface area contributed by atoms with Crippen LogP contribution in [-0.4, -0.2) is 38.8 Å². The zero-order valence-electron chi connectivity index (χ0n) is 14.7. The SMILES string of the molecule is CC(C)N1CC[C@@H](Cc2cccc(-c3ccnn3C(C)C)n2)C1. The maximum Gasteiger partial charge on any atom is 0.0886 e. The van der Waals surface area contributed by atoms with Crippen LogP contribution in [0.3, 0.4) is 0 Å². The maximum absolute atomic E-state index is 4.91. The molecule has 0 aliphatic carbocycles. The first-order chi connectivity index (χ1) is 11.0. The fourth-order valence-corrected chi connectivity index (χ4v) is 3.46. The highest BCUT2D eigenvalue weighted by Crippen LogP contribution is 2.24. The molecule has 0 aromatic carbocycles. The Morgan fingerprint density at radius 3 is 2.65 bits per heavy atom. The van der Waals surface area contributed by atoms with Crippen molar-refractivity contribution < 1.29 is 0 Å². The zero-order chi connectivity index (χ0) is 16.4. The molecule has 0 N–H and O–H groups in total. The van der Waals surface area contributed by atoms with Gasteiger partial charge in [0, 0.05) is 30.5 Å². The summed E-state index contributed by atoms with van der Waals surface area (Å²) in [7, 11) is 0. The Labute approximate surface area is 139 Å². The molecule has 2 aromatic rings. The third-order valence-corrected chi connectivity index (χ3v) is 4.77. The van der Waals surface area contributed by atoms with E-state index in [1.54, 1.807) is 0 Å². The van der Waals surface area contributed by atoms with Crippen molar-refractivity contribution in [3.8, 4) is 11.4 Å². The van der Waals surface area contributed by atoms with Crippen LogP contribution in [0.5, 0.6) is 0 Å². The molecule has 0 spiro atoms. The zero-order valence-corrected chi connectivity index (χ0v) is 14.7. The summed E-state index contributed by atoms with van der Waals surface area (Å²) < 4.78 is 2.04. The molecular formula is C19H28N4. The predicted molar refractivity (Wildman–Crippen MR) is 94.4 cm³/mol. The number of nitrogens with zero attached hydrogens (tertiary/aromatic N) is 4. The van der Waals surface area contributed by atoms with E-state index in [0.717, 1.165) is 23.7 Å². The summed E-state index contributed by atoms with van der Waals surface area (Å²) in [5.41, 5.74) is 3.35. The van der Waals surface area contributed by atoms with Crippen LogP contribution < -0.4 is 0 Å². The van der Waals surface area contributed by atoms with Crippen LogP contribution in [0, 0.1) is 5.92 Å². The molecule has 0 amide bonds. The van der Waals surface area contributed by atoms with Crippen molar-refractivity contribution in [2.75, 3.05) is 13.1 Å². The van der Waals surface area contributed by atoms with Gasteiger partial charge < -0.3 is 4.90 Å². The highest BCUT2D eigenvalue weighted by Gasteiger charge is 2.24. The minimum atomic E-state index is 0.347. The molecule has 1 fully saturated rings. The van der Waals surface area contributed by atoms with Crippen LogP contribution in [0.15, 0.2) is 30.5 Å². The van der Waals surface area contributed by atoms with Crippen LogP contribution >= 0.6 is 0 Å². The van der Waals surface area contributed by atoms with Gasteiger partial charge in [-0.05, 0) is 71.2 Å². The predicted octanol–water partition coefficient (Wildman–Crippen LogP) is 3.80. The Kier molecular flexibility index (Phi) is 4.81. The van der Waals surface area contributed by atoms with Gasteiger partial charge in [0.25, 0.3) is 0 Å². The lowest BCUT2D eigenvalue weighted by molar-refractivity contribution is 0.265. The smallest absolute Gasteiger partial charge is 0.0886 e. The lowest BCUT2D eigenvalue weighted by Gasteiger charge is -2.20. The Hall–Kier alpha value is -1.68. The highest BCUT2D eigenvalue weighted by atomic mass is 15.3. The molecule has 1 aliphatic heterocycles. The monoisotopic (exact) mass is 312 g/mol. The molecule has 0 unspecified atom stereocenters. The van der Waals surface area contributed by atoms with E-state index >= 15 is 0 Å². The fraction of sp³-hybridized carbons (Fsp3) is 0.579. The van der Waals surface area contributed by atoms with E-state index < -0.39 is 0 Å². The standard InChI is InChI=1S/C19H28N4/c1-14(2)22-11-9-16(13-22)12-17-6-5-7-18(21-17)19-8-10-20-23(19)15(3)4/h5-8,10,14-16H,9,11-13H2,1-4H3/t16-/m0/s1. The first-order valence-electron chi connectivity index (χ1n) is 8.78. The molecule has 1 saturated heterocycles. The minimum Gasteiger partial charge on any atom is -0.301 e. The molecule has 4 heteroatoms. The third kappa shape index (κ3) is 3.63. The van der Waals surface area contributed by atoms with Crippen LogP contribution in [0.2, 0.25) is 0 Å². The van der Waals surface area contributed by atoms with E-state index in [1.165, 1.54) is 25.2 Å². The molecule has 2 aromatic heterocycles. The number of rotatable bonds is 5. The molecule has 0 radical (unpaired) electrons. The molecule has 23 heavy (non-hydrogen) atoms. The van der Waals surface area contributed by atoms with Crippen LogP contribution in [0.4, 0.5) is 0 Å². The van der Waals surface area contributed by atoms with E-state index in [2.05, 4.69) is 62.0 Å². The molecular weight excluding hydrogens is 284 g/mol. The van der Waals surface area contributed by atoms with Crippen molar-refractivity contribution in [2.45, 2.75) is 52.6 Å². The quantitative estimate of drug-likeness (QED) is 0.842. The summed E-state index contributed by atoms with van der Waals surface area (Å²) in [6.45, 7) is 11.3. The van der Waals surface area contributed by atoms with Crippen LogP contribution in [0.25, 0.3) is 11.4 Å². The first kappa shape index (κ1) is 16.2. The van der Waals surface area contributed by atoms with E-state index in [-0.39, 0.29) is 0 Å². The maximum atomic E-state index is 4.91. The summed E-state index contributed by atoms with van der Waals surface area (Å²) in [4.78, 5) is 7.48. The third-order valence-electron chi connectivity index (χ3n) is 4.77. The Morgan fingerprint density at radius 1 is 1.13 bits per heavy atom. The highest BCUT2D eigenvalue weighted by molar-refractivity contribution is 5.54. The van der Waals surface area contributed by atoms with Gasteiger partial charge in [0.2, 0.25) is 0 Å². The molecule has 1 atom stereocenters. The minimum absolute atomic E-state index is 0.347.